The number of thiazole rings is 1. The molecule has 0 spiro atoms. The van der Waals surface area contributed by atoms with Gasteiger partial charge in [-0.3, -0.25) is 0 Å². The SMILES string of the molecule is COc1cc(C)cc(C)c1C(N)Cc1nc(C)cs1. The lowest BCUT2D eigenvalue weighted by Gasteiger charge is -2.18. The standard InChI is InChI=1S/C15H20N2OS/c1-9-5-10(2)15(13(6-9)18-4)12(16)7-14-17-11(3)8-19-14/h5-6,8,12H,7,16H2,1-4H3. The van der Waals surface area contributed by atoms with E-state index in [1.54, 1.807) is 18.4 Å². The van der Waals surface area contributed by atoms with Gasteiger partial charge in [-0.1, -0.05) is 6.07 Å². The van der Waals surface area contributed by atoms with E-state index in [2.05, 4.69) is 30.3 Å². The average Bonchev–Trinajstić information content (AvgIpc) is 2.73. The Morgan fingerprint density at radius 1 is 1.32 bits per heavy atom. The minimum absolute atomic E-state index is 0.0823. The number of benzene rings is 1. The lowest BCUT2D eigenvalue weighted by Crippen LogP contribution is -2.16. The lowest BCUT2D eigenvalue weighted by atomic mass is 9.96. The van der Waals surface area contributed by atoms with E-state index in [0.29, 0.717) is 0 Å². The van der Waals surface area contributed by atoms with Gasteiger partial charge in [0.15, 0.2) is 0 Å². The van der Waals surface area contributed by atoms with Crippen molar-refractivity contribution < 1.29 is 4.74 Å². The molecule has 2 aromatic rings. The van der Waals surface area contributed by atoms with Crippen molar-refractivity contribution >= 4 is 11.3 Å². The molecule has 1 aromatic heterocycles. The highest BCUT2D eigenvalue weighted by Crippen LogP contribution is 2.31. The normalized spacial score (nSPS) is 12.5. The summed E-state index contributed by atoms with van der Waals surface area (Å²) in [6.45, 7) is 6.15. The van der Waals surface area contributed by atoms with Crippen LogP contribution in [0.5, 0.6) is 5.75 Å². The Morgan fingerprint density at radius 2 is 2.05 bits per heavy atom. The van der Waals surface area contributed by atoms with E-state index < -0.39 is 0 Å². The number of nitrogens with zero attached hydrogens (tertiary/aromatic N) is 1. The molecule has 4 heteroatoms. The van der Waals surface area contributed by atoms with Crippen LogP contribution >= 0.6 is 11.3 Å². The number of methoxy groups -OCH3 is 1. The van der Waals surface area contributed by atoms with Gasteiger partial charge >= 0.3 is 0 Å². The van der Waals surface area contributed by atoms with Crippen LogP contribution in [0.3, 0.4) is 0 Å². The van der Waals surface area contributed by atoms with Crippen LogP contribution in [0.1, 0.15) is 33.4 Å². The molecule has 0 aliphatic carbocycles. The van der Waals surface area contributed by atoms with Crippen LogP contribution in [0.2, 0.25) is 0 Å². The predicted octanol–water partition coefficient (Wildman–Crippen LogP) is 3.32. The van der Waals surface area contributed by atoms with Crippen LogP contribution in [0, 0.1) is 20.8 Å². The van der Waals surface area contributed by atoms with Crippen molar-refractivity contribution in [2.24, 2.45) is 5.73 Å². The minimum atomic E-state index is -0.0823. The van der Waals surface area contributed by atoms with Crippen LogP contribution < -0.4 is 10.5 Å². The fourth-order valence-corrected chi connectivity index (χ4v) is 3.20. The molecular formula is C15H20N2OS. The van der Waals surface area contributed by atoms with E-state index in [4.69, 9.17) is 10.5 Å². The largest absolute Gasteiger partial charge is 0.496 e. The summed E-state index contributed by atoms with van der Waals surface area (Å²) in [7, 11) is 1.69. The number of rotatable bonds is 4. The van der Waals surface area contributed by atoms with Crippen molar-refractivity contribution in [1.29, 1.82) is 0 Å². The minimum Gasteiger partial charge on any atom is -0.496 e. The van der Waals surface area contributed by atoms with E-state index in [1.165, 1.54) is 11.1 Å². The monoisotopic (exact) mass is 276 g/mol. The maximum Gasteiger partial charge on any atom is 0.124 e. The molecule has 1 unspecified atom stereocenters. The molecule has 0 amide bonds. The van der Waals surface area contributed by atoms with E-state index in [1.807, 2.05) is 13.0 Å². The number of hydrogen-bond donors (Lipinski definition) is 1. The van der Waals surface area contributed by atoms with E-state index in [9.17, 15) is 0 Å². The smallest absolute Gasteiger partial charge is 0.124 e. The number of hydrogen-bond acceptors (Lipinski definition) is 4. The van der Waals surface area contributed by atoms with Crippen LogP contribution in [-0.4, -0.2) is 12.1 Å². The molecule has 0 saturated heterocycles. The highest BCUT2D eigenvalue weighted by molar-refractivity contribution is 7.09. The first-order chi connectivity index (χ1) is 9.01. The van der Waals surface area contributed by atoms with E-state index in [-0.39, 0.29) is 6.04 Å². The van der Waals surface area contributed by atoms with Crippen molar-refractivity contribution in [3.63, 3.8) is 0 Å². The maximum atomic E-state index is 6.35. The van der Waals surface area contributed by atoms with Gasteiger partial charge in [0, 0.05) is 29.1 Å². The quantitative estimate of drug-likeness (QED) is 0.932. The number of nitrogens with two attached hydrogens (primary N) is 1. The third-order valence-corrected chi connectivity index (χ3v) is 4.13. The first-order valence-corrected chi connectivity index (χ1v) is 7.21. The summed E-state index contributed by atoms with van der Waals surface area (Å²) in [4.78, 5) is 4.48. The lowest BCUT2D eigenvalue weighted by molar-refractivity contribution is 0.404. The summed E-state index contributed by atoms with van der Waals surface area (Å²) in [5.74, 6) is 0.873. The van der Waals surface area contributed by atoms with Gasteiger partial charge in [-0.25, -0.2) is 4.98 Å². The molecule has 0 saturated carbocycles. The molecular weight excluding hydrogens is 256 g/mol. The van der Waals surface area contributed by atoms with Crippen LogP contribution in [-0.2, 0) is 6.42 Å². The van der Waals surface area contributed by atoms with Gasteiger partial charge < -0.3 is 10.5 Å². The Hall–Kier alpha value is -1.39. The number of aryl methyl sites for hydroxylation is 3. The van der Waals surface area contributed by atoms with Gasteiger partial charge in [0.2, 0.25) is 0 Å². The Labute approximate surface area is 118 Å². The topological polar surface area (TPSA) is 48.1 Å². The molecule has 102 valence electrons. The molecule has 3 nitrogen and oxygen atoms in total. The first kappa shape index (κ1) is 14.0. The first-order valence-electron chi connectivity index (χ1n) is 6.33. The summed E-state index contributed by atoms with van der Waals surface area (Å²) >= 11 is 1.66. The van der Waals surface area contributed by atoms with Gasteiger partial charge in [-0.2, -0.15) is 0 Å². The molecule has 0 bridgehead atoms. The van der Waals surface area contributed by atoms with Crippen LogP contribution in [0.4, 0.5) is 0 Å². The molecule has 0 aliphatic heterocycles. The summed E-state index contributed by atoms with van der Waals surface area (Å²) in [5.41, 5.74) is 10.9. The maximum absolute atomic E-state index is 6.35. The number of ether oxygens (including phenoxy) is 1. The highest BCUT2D eigenvalue weighted by atomic mass is 32.1. The average molecular weight is 276 g/mol. The van der Waals surface area contributed by atoms with Gasteiger partial charge in [0.05, 0.1) is 12.1 Å². The molecule has 0 aliphatic rings. The summed E-state index contributed by atoms with van der Waals surface area (Å²) < 4.78 is 5.47. The summed E-state index contributed by atoms with van der Waals surface area (Å²) in [6, 6.07) is 4.10. The van der Waals surface area contributed by atoms with E-state index >= 15 is 0 Å². The Balaban J connectivity index is 2.30. The zero-order valence-corrected chi connectivity index (χ0v) is 12.7. The molecule has 1 atom stereocenters. The van der Waals surface area contributed by atoms with Gasteiger partial charge in [0.25, 0.3) is 0 Å². The van der Waals surface area contributed by atoms with Crippen LogP contribution in [0.25, 0.3) is 0 Å². The highest BCUT2D eigenvalue weighted by Gasteiger charge is 2.17. The molecule has 1 aromatic carbocycles. The second kappa shape index (κ2) is 5.72. The molecule has 0 radical (unpaired) electrons. The van der Waals surface area contributed by atoms with Gasteiger partial charge in [0.1, 0.15) is 5.75 Å². The number of aromatic nitrogens is 1. The van der Waals surface area contributed by atoms with Gasteiger partial charge in [-0.05, 0) is 38.0 Å². The summed E-state index contributed by atoms with van der Waals surface area (Å²) in [5, 5.41) is 3.13. The fourth-order valence-electron chi connectivity index (χ4n) is 2.37. The van der Waals surface area contributed by atoms with Crippen molar-refractivity contribution in [1.82, 2.24) is 4.98 Å². The second-order valence-corrected chi connectivity index (χ2v) is 5.83. The summed E-state index contributed by atoms with van der Waals surface area (Å²) in [6.07, 6.45) is 0.749. The second-order valence-electron chi connectivity index (χ2n) is 4.89. The molecule has 0 fully saturated rings. The molecule has 1 heterocycles. The molecule has 2 rings (SSSR count). The third-order valence-electron chi connectivity index (χ3n) is 3.15. The van der Waals surface area contributed by atoms with Crippen molar-refractivity contribution in [3.8, 4) is 5.75 Å². The third kappa shape index (κ3) is 3.14. The predicted molar refractivity (Wildman–Crippen MR) is 80.0 cm³/mol. The van der Waals surface area contributed by atoms with Crippen molar-refractivity contribution in [3.05, 3.63) is 44.9 Å². The Kier molecular flexibility index (Phi) is 4.22. The van der Waals surface area contributed by atoms with Gasteiger partial charge in [-0.15, -0.1) is 11.3 Å². The van der Waals surface area contributed by atoms with Crippen LogP contribution in [0.15, 0.2) is 17.5 Å². The zero-order chi connectivity index (χ0) is 14.0. The Morgan fingerprint density at radius 3 is 2.63 bits per heavy atom. The van der Waals surface area contributed by atoms with Crippen molar-refractivity contribution in [2.45, 2.75) is 33.2 Å². The molecule has 19 heavy (non-hydrogen) atoms. The zero-order valence-electron chi connectivity index (χ0n) is 11.9. The van der Waals surface area contributed by atoms with Crippen molar-refractivity contribution in [2.75, 3.05) is 7.11 Å². The Bertz CT molecular complexity index is 578. The fraction of sp³-hybridized carbons (Fsp3) is 0.400. The van der Waals surface area contributed by atoms with E-state index in [0.717, 1.165) is 28.4 Å². The molecule has 2 N–H and O–H groups in total.